The monoisotopic (exact) mass is 379 g/mol. The number of nitrogens with zero attached hydrogens (tertiary/aromatic N) is 3. The van der Waals surface area contributed by atoms with Gasteiger partial charge in [-0.15, -0.1) is 0 Å². The summed E-state index contributed by atoms with van der Waals surface area (Å²) in [6, 6.07) is 0. The summed E-state index contributed by atoms with van der Waals surface area (Å²) in [6.45, 7) is 10.6. The summed E-state index contributed by atoms with van der Waals surface area (Å²) in [7, 11) is 0. The first kappa shape index (κ1) is 19.8. The highest BCUT2D eigenvalue weighted by Gasteiger charge is 2.53. The van der Waals surface area contributed by atoms with Gasteiger partial charge in [-0.3, -0.25) is 9.59 Å². The third-order valence-electron chi connectivity index (χ3n) is 5.96. The van der Waals surface area contributed by atoms with Gasteiger partial charge in [0.25, 0.3) is 5.91 Å². The molecule has 3 heterocycles. The number of likely N-dealkylation sites (tertiary alicyclic amines) is 2. The van der Waals surface area contributed by atoms with Crippen molar-refractivity contribution in [2.75, 3.05) is 45.9 Å². The van der Waals surface area contributed by atoms with E-state index in [2.05, 4.69) is 10.1 Å². The Morgan fingerprint density at radius 2 is 2.11 bits per heavy atom. The molecular weight excluding hydrogens is 350 g/mol. The van der Waals surface area contributed by atoms with Crippen LogP contribution in [0.2, 0.25) is 0 Å². The number of aliphatic carboxylic acids is 1. The molecule has 2 saturated heterocycles. The van der Waals surface area contributed by atoms with Gasteiger partial charge in [0.15, 0.2) is 0 Å². The third kappa shape index (κ3) is 4.01. The van der Waals surface area contributed by atoms with Gasteiger partial charge in [0.1, 0.15) is 11.3 Å². The molecule has 8 nitrogen and oxygen atoms in total. The number of hydrogen-bond donors (Lipinski definition) is 1. The predicted octanol–water partition coefficient (Wildman–Crippen LogP) is 1.57. The maximum absolute atomic E-state index is 13.0. The van der Waals surface area contributed by atoms with Crippen LogP contribution in [0.15, 0.2) is 4.52 Å². The number of hydrogen-bond acceptors (Lipinski definition) is 6. The lowest BCUT2D eigenvalue weighted by molar-refractivity contribution is -0.137. The zero-order valence-corrected chi connectivity index (χ0v) is 16.4. The van der Waals surface area contributed by atoms with Gasteiger partial charge in [-0.05, 0) is 33.1 Å². The van der Waals surface area contributed by atoms with Crippen molar-refractivity contribution in [2.24, 2.45) is 11.3 Å². The van der Waals surface area contributed by atoms with Crippen molar-refractivity contribution in [3.63, 3.8) is 0 Å². The zero-order valence-electron chi connectivity index (χ0n) is 16.4. The molecule has 2 unspecified atom stereocenters. The van der Waals surface area contributed by atoms with Gasteiger partial charge in [0.2, 0.25) is 0 Å². The van der Waals surface area contributed by atoms with Crippen LogP contribution in [0.25, 0.3) is 0 Å². The second-order valence-corrected chi connectivity index (χ2v) is 7.77. The van der Waals surface area contributed by atoms with Crippen molar-refractivity contribution >= 4 is 11.9 Å². The van der Waals surface area contributed by atoms with E-state index in [1.807, 2.05) is 11.8 Å². The standard InChI is InChI=1S/C19H29N3O5/c1-4-26-8-7-21-9-15-10-22(12-19(15,11-21)6-5-16(23)24)18(25)17-13(2)20-27-14(17)3/h15H,4-12H2,1-3H3,(H,23,24). The van der Waals surface area contributed by atoms with Crippen molar-refractivity contribution in [3.8, 4) is 0 Å². The molecule has 2 aliphatic rings. The van der Waals surface area contributed by atoms with E-state index in [1.165, 1.54) is 0 Å². The average molecular weight is 379 g/mol. The van der Waals surface area contributed by atoms with Gasteiger partial charge in [0.05, 0.1) is 12.3 Å². The lowest BCUT2D eigenvalue weighted by Crippen LogP contribution is -2.38. The summed E-state index contributed by atoms with van der Waals surface area (Å²) in [6.07, 6.45) is 0.715. The number of ether oxygens (including phenoxy) is 1. The van der Waals surface area contributed by atoms with Gasteiger partial charge >= 0.3 is 5.97 Å². The highest BCUT2D eigenvalue weighted by atomic mass is 16.5. The fourth-order valence-electron chi connectivity index (χ4n) is 4.61. The first-order chi connectivity index (χ1) is 12.9. The minimum atomic E-state index is -0.786. The SMILES string of the molecule is CCOCCN1CC2CN(C(=O)c3c(C)noc3C)CC2(CCC(=O)O)C1. The molecule has 27 heavy (non-hydrogen) atoms. The Morgan fingerprint density at radius 1 is 1.33 bits per heavy atom. The Hall–Kier alpha value is -1.93. The van der Waals surface area contributed by atoms with Crippen LogP contribution in [0, 0.1) is 25.2 Å². The predicted molar refractivity (Wildman–Crippen MR) is 97.6 cm³/mol. The Morgan fingerprint density at radius 3 is 2.74 bits per heavy atom. The largest absolute Gasteiger partial charge is 0.481 e. The van der Waals surface area contributed by atoms with E-state index in [9.17, 15) is 14.7 Å². The lowest BCUT2D eigenvalue weighted by atomic mass is 9.77. The van der Waals surface area contributed by atoms with Crippen molar-refractivity contribution in [3.05, 3.63) is 17.0 Å². The van der Waals surface area contributed by atoms with E-state index in [0.717, 1.165) is 19.6 Å². The molecule has 0 radical (unpaired) electrons. The summed E-state index contributed by atoms with van der Waals surface area (Å²) in [4.78, 5) is 28.4. The Balaban J connectivity index is 1.73. The first-order valence-electron chi connectivity index (χ1n) is 9.60. The van der Waals surface area contributed by atoms with Crippen LogP contribution in [0.5, 0.6) is 0 Å². The Kier molecular flexibility index (Phi) is 5.86. The smallest absolute Gasteiger partial charge is 0.303 e. The molecule has 3 rings (SSSR count). The number of carboxylic acid groups (broad SMARTS) is 1. The van der Waals surface area contributed by atoms with Crippen LogP contribution in [-0.2, 0) is 9.53 Å². The summed E-state index contributed by atoms with van der Waals surface area (Å²) in [5.74, 6) is -0.0296. The zero-order chi connectivity index (χ0) is 19.6. The van der Waals surface area contributed by atoms with Gasteiger partial charge in [-0.25, -0.2) is 0 Å². The quantitative estimate of drug-likeness (QED) is 0.685. The minimum Gasteiger partial charge on any atom is -0.481 e. The van der Waals surface area contributed by atoms with Crippen molar-refractivity contribution in [1.29, 1.82) is 0 Å². The van der Waals surface area contributed by atoms with E-state index in [-0.39, 0.29) is 23.7 Å². The number of carboxylic acids is 1. The highest BCUT2D eigenvalue weighted by Crippen LogP contribution is 2.46. The summed E-state index contributed by atoms with van der Waals surface area (Å²) in [5.41, 5.74) is 0.975. The summed E-state index contributed by atoms with van der Waals surface area (Å²) in [5, 5.41) is 13.1. The van der Waals surface area contributed by atoms with E-state index >= 15 is 0 Å². The Labute approximate surface area is 159 Å². The fraction of sp³-hybridized carbons (Fsp3) is 0.737. The molecule has 1 aromatic rings. The maximum Gasteiger partial charge on any atom is 0.303 e. The molecule has 1 amide bonds. The van der Waals surface area contributed by atoms with Crippen LogP contribution in [0.1, 0.15) is 41.6 Å². The van der Waals surface area contributed by atoms with Crippen LogP contribution in [0.4, 0.5) is 0 Å². The molecule has 0 saturated carbocycles. The average Bonchev–Trinajstić information content (AvgIpc) is 3.23. The molecule has 2 aliphatic heterocycles. The second kappa shape index (κ2) is 7.98. The molecule has 1 N–H and O–H groups in total. The van der Waals surface area contributed by atoms with Gasteiger partial charge in [-0.1, -0.05) is 5.16 Å². The molecule has 0 spiro atoms. The molecule has 150 valence electrons. The van der Waals surface area contributed by atoms with Crippen LogP contribution in [-0.4, -0.2) is 77.9 Å². The van der Waals surface area contributed by atoms with E-state index in [1.54, 1.807) is 13.8 Å². The van der Waals surface area contributed by atoms with Crippen LogP contribution in [0.3, 0.4) is 0 Å². The van der Waals surface area contributed by atoms with Crippen LogP contribution >= 0.6 is 0 Å². The minimum absolute atomic E-state index is 0.0591. The van der Waals surface area contributed by atoms with Crippen molar-refractivity contribution in [2.45, 2.75) is 33.6 Å². The summed E-state index contributed by atoms with van der Waals surface area (Å²) < 4.78 is 10.6. The number of amides is 1. The molecule has 0 bridgehead atoms. The molecule has 8 heteroatoms. The van der Waals surface area contributed by atoms with E-state index in [4.69, 9.17) is 9.26 Å². The number of fused-ring (bicyclic) bond motifs is 1. The van der Waals surface area contributed by atoms with Gasteiger partial charge in [0, 0.05) is 51.2 Å². The number of rotatable bonds is 8. The number of aromatic nitrogens is 1. The van der Waals surface area contributed by atoms with Crippen molar-refractivity contribution in [1.82, 2.24) is 15.0 Å². The third-order valence-corrected chi connectivity index (χ3v) is 5.96. The number of aryl methyl sites for hydroxylation is 2. The van der Waals surface area contributed by atoms with E-state index < -0.39 is 5.97 Å². The molecule has 2 atom stereocenters. The number of carbonyl (C=O) groups is 2. The summed E-state index contributed by atoms with van der Waals surface area (Å²) >= 11 is 0. The fourth-order valence-corrected chi connectivity index (χ4v) is 4.61. The first-order valence-corrected chi connectivity index (χ1v) is 9.60. The second-order valence-electron chi connectivity index (χ2n) is 7.77. The topological polar surface area (TPSA) is 96.1 Å². The molecule has 0 aromatic carbocycles. The van der Waals surface area contributed by atoms with Crippen LogP contribution < -0.4 is 0 Å². The molecular formula is C19H29N3O5. The molecule has 1 aromatic heterocycles. The molecule has 2 fully saturated rings. The highest BCUT2D eigenvalue weighted by molar-refractivity contribution is 5.96. The molecule has 0 aliphatic carbocycles. The Bertz CT molecular complexity index is 684. The van der Waals surface area contributed by atoms with Gasteiger partial charge < -0.3 is 24.2 Å². The number of carbonyl (C=O) groups excluding carboxylic acids is 1. The van der Waals surface area contributed by atoms with Gasteiger partial charge in [-0.2, -0.15) is 0 Å². The lowest BCUT2D eigenvalue weighted by Gasteiger charge is -2.29. The van der Waals surface area contributed by atoms with E-state index in [0.29, 0.717) is 49.7 Å². The van der Waals surface area contributed by atoms with Crippen molar-refractivity contribution < 1.29 is 24.0 Å². The normalized spacial score (nSPS) is 25.1. The maximum atomic E-state index is 13.0.